The second kappa shape index (κ2) is 7.25. The van der Waals surface area contributed by atoms with Gasteiger partial charge in [0.15, 0.2) is 0 Å². The minimum atomic E-state index is -0.412. The maximum absolute atomic E-state index is 11.8. The molecule has 0 atom stereocenters. The van der Waals surface area contributed by atoms with Gasteiger partial charge >= 0.3 is 5.97 Å². The van der Waals surface area contributed by atoms with E-state index in [2.05, 4.69) is 15.0 Å². The van der Waals surface area contributed by atoms with Crippen molar-refractivity contribution in [3.8, 4) is 0 Å². The van der Waals surface area contributed by atoms with Gasteiger partial charge in [0.2, 0.25) is 0 Å². The van der Waals surface area contributed by atoms with E-state index in [-0.39, 0.29) is 18.3 Å². The molecular formula is C14H13ClN2O3. The van der Waals surface area contributed by atoms with Crippen LogP contribution in [0.15, 0.2) is 48.8 Å². The number of nitrogens with one attached hydrogen (secondary N) is 1. The van der Waals surface area contributed by atoms with Crippen LogP contribution in [-0.2, 0) is 4.74 Å². The summed E-state index contributed by atoms with van der Waals surface area (Å²) in [5.74, 6) is -0.663. The summed E-state index contributed by atoms with van der Waals surface area (Å²) >= 11 is 0. The van der Waals surface area contributed by atoms with Crippen LogP contribution in [0.25, 0.3) is 0 Å². The Bertz CT molecular complexity index is 585. The van der Waals surface area contributed by atoms with Crippen LogP contribution in [-0.4, -0.2) is 24.0 Å². The Balaban J connectivity index is 0.00000200. The van der Waals surface area contributed by atoms with E-state index in [0.717, 1.165) is 0 Å². The topological polar surface area (TPSA) is 68.3 Å². The average Bonchev–Trinajstić information content (AvgIpc) is 2.48. The number of nitrogens with zero attached hydrogens (tertiary/aromatic N) is 1. The molecule has 1 amide bonds. The van der Waals surface area contributed by atoms with Gasteiger partial charge in [0.1, 0.15) is 0 Å². The van der Waals surface area contributed by atoms with Gasteiger partial charge in [-0.3, -0.25) is 9.78 Å². The van der Waals surface area contributed by atoms with Gasteiger partial charge in [-0.25, -0.2) is 4.79 Å². The van der Waals surface area contributed by atoms with Crippen molar-refractivity contribution in [2.75, 3.05) is 12.4 Å². The van der Waals surface area contributed by atoms with E-state index < -0.39 is 5.97 Å². The molecule has 2 aromatic rings. The van der Waals surface area contributed by atoms with Crippen molar-refractivity contribution < 1.29 is 14.3 Å². The highest BCUT2D eigenvalue weighted by Gasteiger charge is 2.07. The number of carbonyl (C=O) groups excluding carboxylic acids is 2. The molecule has 0 saturated heterocycles. The van der Waals surface area contributed by atoms with Crippen molar-refractivity contribution >= 4 is 30.0 Å². The smallest absolute Gasteiger partial charge is 0.337 e. The molecule has 1 aromatic carbocycles. The molecule has 0 unspecified atom stereocenters. The largest absolute Gasteiger partial charge is 0.465 e. The number of pyridine rings is 1. The van der Waals surface area contributed by atoms with E-state index in [4.69, 9.17) is 0 Å². The molecule has 0 spiro atoms. The third-order valence-corrected chi connectivity index (χ3v) is 2.49. The second-order valence-corrected chi connectivity index (χ2v) is 3.76. The number of methoxy groups -OCH3 is 1. The Morgan fingerprint density at radius 2 is 1.80 bits per heavy atom. The van der Waals surface area contributed by atoms with Crippen molar-refractivity contribution in [2.45, 2.75) is 0 Å². The number of rotatable bonds is 3. The highest BCUT2D eigenvalue weighted by molar-refractivity contribution is 6.04. The second-order valence-electron chi connectivity index (χ2n) is 3.76. The Morgan fingerprint density at radius 3 is 2.35 bits per heavy atom. The number of hydrogen-bond donors (Lipinski definition) is 1. The number of carbonyl (C=O) groups is 2. The minimum absolute atomic E-state index is 0. The maximum atomic E-state index is 11.8. The number of ether oxygens (including phenoxy) is 1. The van der Waals surface area contributed by atoms with E-state index in [1.54, 1.807) is 42.6 Å². The van der Waals surface area contributed by atoms with Crippen LogP contribution in [0, 0.1) is 0 Å². The lowest BCUT2D eigenvalue weighted by atomic mass is 10.2. The molecule has 104 valence electrons. The number of hydrogen-bond acceptors (Lipinski definition) is 4. The number of esters is 1. The first-order valence-electron chi connectivity index (χ1n) is 5.60. The average molecular weight is 293 g/mol. The Labute approximate surface area is 122 Å². The first-order valence-corrected chi connectivity index (χ1v) is 5.60. The van der Waals surface area contributed by atoms with Crippen LogP contribution in [0.2, 0.25) is 0 Å². The van der Waals surface area contributed by atoms with Crippen molar-refractivity contribution in [3.63, 3.8) is 0 Å². The van der Waals surface area contributed by atoms with Gasteiger partial charge in [0, 0.05) is 18.1 Å². The first kappa shape index (κ1) is 15.7. The molecule has 0 saturated carbocycles. The van der Waals surface area contributed by atoms with Crippen LogP contribution in [0.3, 0.4) is 0 Å². The molecule has 0 aliphatic rings. The van der Waals surface area contributed by atoms with Crippen molar-refractivity contribution in [3.05, 3.63) is 59.9 Å². The number of anilines is 1. The predicted octanol–water partition coefficient (Wildman–Crippen LogP) is 2.54. The third-order valence-electron chi connectivity index (χ3n) is 2.49. The summed E-state index contributed by atoms with van der Waals surface area (Å²) in [6, 6.07) is 9.82. The summed E-state index contributed by atoms with van der Waals surface area (Å²) in [6.45, 7) is 0. The molecule has 1 aromatic heterocycles. The summed E-state index contributed by atoms with van der Waals surface area (Å²) < 4.78 is 4.59. The van der Waals surface area contributed by atoms with Crippen LogP contribution >= 0.6 is 12.4 Å². The van der Waals surface area contributed by atoms with E-state index >= 15 is 0 Å². The van der Waals surface area contributed by atoms with Crippen LogP contribution in [0.4, 0.5) is 5.69 Å². The number of aromatic nitrogens is 1. The molecular weight excluding hydrogens is 280 g/mol. The fourth-order valence-electron chi connectivity index (χ4n) is 1.51. The molecule has 2 rings (SSSR count). The Morgan fingerprint density at radius 1 is 1.10 bits per heavy atom. The Hall–Kier alpha value is -2.40. The molecule has 0 aliphatic heterocycles. The molecule has 1 heterocycles. The highest BCUT2D eigenvalue weighted by atomic mass is 35.5. The van der Waals surface area contributed by atoms with E-state index in [1.165, 1.54) is 13.3 Å². The molecule has 0 bridgehead atoms. The molecule has 20 heavy (non-hydrogen) atoms. The summed E-state index contributed by atoms with van der Waals surface area (Å²) in [6.07, 6.45) is 3.08. The zero-order valence-corrected chi connectivity index (χ0v) is 11.5. The van der Waals surface area contributed by atoms with Crippen molar-refractivity contribution in [1.82, 2.24) is 4.98 Å². The highest BCUT2D eigenvalue weighted by Crippen LogP contribution is 2.11. The van der Waals surface area contributed by atoms with Gasteiger partial charge in [-0.2, -0.15) is 0 Å². The molecule has 6 heteroatoms. The SMILES string of the molecule is COC(=O)c1ccc(NC(=O)c2cccnc2)cc1.Cl. The third kappa shape index (κ3) is 3.80. The van der Waals surface area contributed by atoms with Crippen LogP contribution < -0.4 is 5.32 Å². The van der Waals surface area contributed by atoms with Crippen molar-refractivity contribution in [2.24, 2.45) is 0 Å². The molecule has 1 N–H and O–H groups in total. The summed E-state index contributed by atoms with van der Waals surface area (Å²) in [7, 11) is 1.32. The molecule has 0 radical (unpaired) electrons. The zero-order valence-electron chi connectivity index (χ0n) is 10.7. The lowest BCUT2D eigenvalue weighted by Gasteiger charge is -2.05. The van der Waals surface area contributed by atoms with Gasteiger partial charge in [0.25, 0.3) is 5.91 Å². The summed E-state index contributed by atoms with van der Waals surface area (Å²) in [4.78, 5) is 27.0. The zero-order chi connectivity index (χ0) is 13.7. The van der Waals surface area contributed by atoms with E-state index in [1.807, 2.05) is 0 Å². The fourth-order valence-corrected chi connectivity index (χ4v) is 1.51. The van der Waals surface area contributed by atoms with Crippen LogP contribution in [0.5, 0.6) is 0 Å². The summed E-state index contributed by atoms with van der Waals surface area (Å²) in [5, 5.41) is 2.71. The normalized spacial score (nSPS) is 9.25. The molecule has 0 fully saturated rings. The number of benzene rings is 1. The maximum Gasteiger partial charge on any atom is 0.337 e. The standard InChI is InChI=1S/C14H12N2O3.ClH/c1-19-14(18)10-4-6-12(7-5-10)16-13(17)11-3-2-8-15-9-11;/h2-9H,1H3,(H,16,17);1H. The molecule has 0 aliphatic carbocycles. The lowest BCUT2D eigenvalue weighted by Crippen LogP contribution is -2.12. The van der Waals surface area contributed by atoms with E-state index in [0.29, 0.717) is 16.8 Å². The first-order chi connectivity index (χ1) is 9.20. The van der Waals surface area contributed by atoms with E-state index in [9.17, 15) is 9.59 Å². The van der Waals surface area contributed by atoms with Gasteiger partial charge in [-0.05, 0) is 36.4 Å². The van der Waals surface area contributed by atoms with Gasteiger partial charge < -0.3 is 10.1 Å². The minimum Gasteiger partial charge on any atom is -0.465 e. The lowest BCUT2D eigenvalue weighted by molar-refractivity contribution is 0.0600. The number of halogens is 1. The quantitative estimate of drug-likeness (QED) is 0.883. The molecule has 5 nitrogen and oxygen atoms in total. The van der Waals surface area contributed by atoms with Crippen LogP contribution in [0.1, 0.15) is 20.7 Å². The van der Waals surface area contributed by atoms with Gasteiger partial charge in [-0.15, -0.1) is 12.4 Å². The monoisotopic (exact) mass is 292 g/mol. The van der Waals surface area contributed by atoms with Gasteiger partial charge in [-0.1, -0.05) is 0 Å². The Kier molecular flexibility index (Phi) is 5.68. The van der Waals surface area contributed by atoms with Gasteiger partial charge in [0.05, 0.1) is 18.2 Å². The fraction of sp³-hybridized carbons (Fsp3) is 0.0714. The summed E-state index contributed by atoms with van der Waals surface area (Å²) in [5.41, 5.74) is 1.50. The number of amides is 1. The predicted molar refractivity (Wildman–Crippen MR) is 77.2 cm³/mol. The van der Waals surface area contributed by atoms with Crippen molar-refractivity contribution in [1.29, 1.82) is 0 Å².